The van der Waals surface area contributed by atoms with Gasteiger partial charge in [0.25, 0.3) is 5.56 Å². The highest BCUT2D eigenvalue weighted by molar-refractivity contribution is 8.00. The lowest BCUT2D eigenvalue weighted by atomic mass is 10.2. The molecule has 4 aromatic rings. The van der Waals surface area contributed by atoms with Gasteiger partial charge in [0.15, 0.2) is 5.16 Å². The molecule has 0 bridgehead atoms. The Hall–Kier alpha value is -3.03. The predicted octanol–water partition coefficient (Wildman–Crippen LogP) is 4.83. The summed E-state index contributed by atoms with van der Waals surface area (Å²) in [5.74, 6) is 0.528. The minimum Gasteiger partial charge on any atom is -0.467 e. The molecule has 4 rings (SSSR count). The Morgan fingerprint density at radius 2 is 1.97 bits per heavy atom. The highest BCUT2D eigenvalue weighted by Gasteiger charge is 2.23. The van der Waals surface area contributed by atoms with Gasteiger partial charge in [0.1, 0.15) is 5.76 Å². The van der Waals surface area contributed by atoms with Crippen LogP contribution in [0, 0.1) is 0 Å². The smallest absolute Gasteiger partial charge is 0.262 e. The third kappa shape index (κ3) is 4.52. The zero-order valence-electron chi connectivity index (χ0n) is 17.0. The van der Waals surface area contributed by atoms with Gasteiger partial charge < -0.3 is 9.32 Å². The molecule has 0 fully saturated rings. The summed E-state index contributed by atoms with van der Waals surface area (Å²) in [5.41, 5.74) is 1.08. The number of aromatic nitrogens is 2. The van der Waals surface area contributed by atoms with Crippen LogP contribution < -0.4 is 10.5 Å². The minimum absolute atomic E-state index is 0.0961. The van der Waals surface area contributed by atoms with Crippen LogP contribution in [0.15, 0.2) is 81.3 Å². The second-order valence-corrected chi connectivity index (χ2v) is 8.76. The number of fused-ring (bicyclic) bond motifs is 1. The van der Waals surface area contributed by atoms with Crippen molar-refractivity contribution in [3.63, 3.8) is 0 Å². The van der Waals surface area contributed by atoms with E-state index in [9.17, 15) is 9.59 Å². The van der Waals surface area contributed by atoms with Crippen LogP contribution in [0.2, 0.25) is 5.02 Å². The molecule has 8 heteroatoms. The molecule has 0 aliphatic carbocycles. The van der Waals surface area contributed by atoms with Crippen molar-refractivity contribution in [2.24, 2.45) is 0 Å². The molecule has 0 radical (unpaired) electrons. The van der Waals surface area contributed by atoms with E-state index in [1.54, 1.807) is 55.5 Å². The van der Waals surface area contributed by atoms with E-state index < -0.39 is 5.25 Å². The van der Waals surface area contributed by atoms with Crippen molar-refractivity contribution in [1.29, 1.82) is 0 Å². The van der Waals surface area contributed by atoms with Gasteiger partial charge in [-0.25, -0.2) is 4.98 Å². The number of carbonyl (C=O) groups excluding carboxylic acids is 1. The maximum atomic E-state index is 13.2. The van der Waals surface area contributed by atoms with Gasteiger partial charge in [-0.3, -0.25) is 14.2 Å². The Balaban J connectivity index is 1.71. The third-order valence-electron chi connectivity index (χ3n) is 4.88. The van der Waals surface area contributed by atoms with Gasteiger partial charge >= 0.3 is 0 Å². The normalized spacial score (nSPS) is 12.1. The number of para-hydroxylation sites is 1. The average Bonchev–Trinajstić information content (AvgIpc) is 3.29. The van der Waals surface area contributed by atoms with Gasteiger partial charge in [0.05, 0.1) is 29.0 Å². The highest BCUT2D eigenvalue weighted by atomic mass is 35.5. The molecule has 2 aromatic heterocycles. The molecule has 0 N–H and O–H groups in total. The summed E-state index contributed by atoms with van der Waals surface area (Å²) in [6.07, 6.45) is 1.56. The molecule has 1 unspecified atom stereocenters. The van der Waals surface area contributed by atoms with Crippen LogP contribution in [0.3, 0.4) is 0 Å². The van der Waals surface area contributed by atoms with Gasteiger partial charge in [0.2, 0.25) is 5.91 Å². The lowest BCUT2D eigenvalue weighted by molar-refractivity contribution is -0.117. The Labute approximate surface area is 188 Å². The molecular formula is C23H20ClN3O3S. The first-order valence-electron chi connectivity index (χ1n) is 9.66. The van der Waals surface area contributed by atoms with Crippen molar-refractivity contribution in [2.75, 3.05) is 11.9 Å². The Kier molecular flexibility index (Phi) is 6.15. The topological polar surface area (TPSA) is 68.3 Å². The molecule has 6 nitrogen and oxygen atoms in total. The second-order valence-electron chi connectivity index (χ2n) is 7.02. The van der Waals surface area contributed by atoms with Crippen LogP contribution >= 0.6 is 23.4 Å². The zero-order valence-corrected chi connectivity index (χ0v) is 18.6. The summed E-state index contributed by atoms with van der Waals surface area (Å²) in [4.78, 5) is 32.5. The van der Waals surface area contributed by atoms with E-state index in [1.165, 1.54) is 16.3 Å². The Bertz CT molecular complexity index is 1270. The van der Waals surface area contributed by atoms with E-state index in [2.05, 4.69) is 4.98 Å². The zero-order chi connectivity index (χ0) is 22.0. The summed E-state index contributed by atoms with van der Waals surface area (Å²) in [6.45, 7) is 2.02. The monoisotopic (exact) mass is 453 g/mol. The number of amides is 1. The summed E-state index contributed by atoms with van der Waals surface area (Å²) in [7, 11) is 1.73. The van der Waals surface area contributed by atoms with Crippen molar-refractivity contribution >= 4 is 45.9 Å². The van der Waals surface area contributed by atoms with E-state index >= 15 is 0 Å². The molecule has 158 valence electrons. The van der Waals surface area contributed by atoms with Gasteiger partial charge in [-0.15, -0.1) is 0 Å². The van der Waals surface area contributed by atoms with Crippen molar-refractivity contribution in [3.8, 4) is 0 Å². The number of hydrogen-bond donors (Lipinski definition) is 0. The number of nitrogens with zero attached hydrogens (tertiary/aromatic N) is 3. The van der Waals surface area contributed by atoms with Crippen molar-refractivity contribution in [2.45, 2.75) is 23.9 Å². The maximum Gasteiger partial charge on any atom is 0.262 e. The number of furan rings is 1. The summed E-state index contributed by atoms with van der Waals surface area (Å²) < 4.78 is 6.97. The van der Waals surface area contributed by atoms with Gasteiger partial charge in [-0.2, -0.15) is 0 Å². The van der Waals surface area contributed by atoms with Crippen molar-refractivity contribution in [3.05, 3.63) is 88.1 Å². The number of carbonyl (C=O) groups is 1. The van der Waals surface area contributed by atoms with E-state index in [0.717, 1.165) is 5.69 Å². The van der Waals surface area contributed by atoms with E-state index in [0.29, 0.717) is 26.8 Å². The Morgan fingerprint density at radius 1 is 1.19 bits per heavy atom. The number of benzene rings is 2. The number of hydrogen-bond acceptors (Lipinski definition) is 5. The molecule has 31 heavy (non-hydrogen) atoms. The minimum atomic E-state index is -0.475. The van der Waals surface area contributed by atoms with Crippen LogP contribution in [0.4, 0.5) is 5.69 Å². The third-order valence-corrected chi connectivity index (χ3v) is 6.19. The molecule has 0 spiro atoms. The molecular weight excluding hydrogens is 434 g/mol. The number of anilines is 1. The Morgan fingerprint density at radius 3 is 2.68 bits per heavy atom. The first-order chi connectivity index (χ1) is 14.9. The lowest BCUT2D eigenvalue weighted by Gasteiger charge is -2.22. The fourth-order valence-electron chi connectivity index (χ4n) is 3.22. The molecule has 1 amide bonds. The van der Waals surface area contributed by atoms with E-state index in [-0.39, 0.29) is 18.0 Å². The molecule has 0 aliphatic rings. The number of rotatable bonds is 6. The molecule has 2 aromatic carbocycles. The van der Waals surface area contributed by atoms with Gasteiger partial charge in [0, 0.05) is 17.8 Å². The average molecular weight is 454 g/mol. The van der Waals surface area contributed by atoms with Gasteiger partial charge in [-0.05, 0) is 49.4 Å². The highest BCUT2D eigenvalue weighted by Crippen LogP contribution is 2.26. The van der Waals surface area contributed by atoms with Crippen LogP contribution in [0.25, 0.3) is 10.9 Å². The molecule has 0 aliphatic heterocycles. The first-order valence-corrected chi connectivity index (χ1v) is 10.9. The van der Waals surface area contributed by atoms with Crippen LogP contribution in [0.1, 0.15) is 12.7 Å². The predicted molar refractivity (Wildman–Crippen MR) is 124 cm³/mol. The summed E-state index contributed by atoms with van der Waals surface area (Å²) in [5, 5.41) is 0.905. The van der Waals surface area contributed by atoms with Crippen LogP contribution in [-0.2, 0) is 11.3 Å². The van der Waals surface area contributed by atoms with Crippen molar-refractivity contribution in [1.82, 2.24) is 9.55 Å². The quantitative estimate of drug-likeness (QED) is 0.309. The van der Waals surface area contributed by atoms with E-state index in [4.69, 9.17) is 16.0 Å². The molecule has 1 atom stereocenters. The van der Waals surface area contributed by atoms with E-state index in [1.807, 2.05) is 30.3 Å². The van der Waals surface area contributed by atoms with Crippen LogP contribution in [-0.4, -0.2) is 27.8 Å². The molecule has 2 heterocycles. The fraction of sp³-hybridized carbons (Fsp3) is 0.174. The molecule has 0 saturated carbocycles. The fourth-order valence-corrected chi connectivity index (χ4v) is 4.39. The summed E-state index contributed by atoms with van der Waals surface area (Å²) >= 11 is 7.35. The SMILES string of the molecule is CC(Sc1nc2cc(Cl)ccc2c(=O)n1Cc1ccco1)C(=O)N(C)c1ccccc1. The summed E-state index contributed by atoms with van der Waals surface area (Å²) in [6, 6.07) is 18.0. The first kappa shape index (κ1) is 21.2. The lowest BCUT2D eigenvalue weighted by Crippen LogP contribution is -2.34. The van der Waals surface area contributed by atoms with Crippen LogP contribution in [0.5, 0.6) is 0 Å². The van der Waals surface area contributed by atoms with Gasteiger partial charge in [-0.1, -0.05) is 41.6 Å². The second kappa shape index (κ2) is 8.99. The largest absolute Gasteiger partial charge is 0.467 e. The molecule has 0 saturated heterocycles. The number of halogens is 1. The standard InChI is InChI=1S/C23H20ClN3O3S/c1-15(21(28)26(2)17-7-4-3-5-8-17)31-23-25-20-13-16(24)10-11-19(20)22(29)27(23)14-18-9-6-12-30-18/h3-13,15H,14H2,1-2H3. The number of thioether (sulfide) groups is 1. The maximum absolute atomic E-state index is 13.2. The van der Waals surface area contributed by atoms with Crippen molar-refractivity contribution < 1.29 is 9.21 Å².